The zero-order valence-electron chi connectivity index (χ0n) is 15.2. The van der Waals surface area contributed by atoms with E-state index in [1.54, 1.807) is 6.92 Å². The first-order valence-corrected chi connectivity index (χ1v) is 7.50. The molecular weight excluding hydrogens is 312 g/mol. The number of methoxy groups -OCH3 is 2. The molecule has 132 valence electrons. The highest BCUT2D eigenvalue weighted by atomic mass is 16.6. The van der Waals surface area contributed by atoms with Gasteiger partial charge in [0.2, 0.25) is 11.5 Å². The van der Waals surface area contributed by atoms with Crippen molar-refractivity contribution in [3.05, 3.63) is 22.8 Å². The maximum absolute atomic E-state index is 11.5. The van der Waals surface area contributed by atoms with Crippen LogP contribution >= 0.6 is 0 Å². The van der Waals surface area contributed by atoms with Gasteiger partial charge in [-0.3, -0.25) is 9.59 Å². The number of allylic oxidation sites excluding steroid dienone is 2. The summed E-state index contributed by atoms with van der Waals surface area (Å²) in [6.45, 7) is 8.33. The van der Waals surface area contributed by atoms with Gasteiger partial charge in [-0.15, -0.1) is 0 Å². The maximum atomic E-state index is 11.5. The largest absolute Gasteiger partial charge is 0.490 e. The highest BCUT2D eigenvalue weighted by Crippen LogP contribution is 2.50. The molecule has 1 aromatic rings. The van der Waals surface area contributed by atoms with Crippen LogP contribution < -0.4 is 18.9 Å². The second-order valence-corrected chi connectivity index (χ2v) is 5.50. The van der Waals surface area contributed by atoms with E-state index in [1.165, 1.54) is 28.1 Å². The summed E-state index contributed by atoms with van der Waals surface area (Å²) in [6, 6.07) is 0. The molecule has 24 heavy (non-hydrogen) atoms. The monoisotopic (exact) mass is 336 g/mol. The molecule has 1 rings (SSSR count). The molecule has 0 fully saturated rings. The van der Waals surface area contributed by atoms with E-state index < -0.39 is 11.9 Å². The van der Waals surface area contributed by atoms with Crippen LogP contribution in [0.4, 0.5) is 0 Å². The third-order valence-electron chi connectivity index (χ3n) is 3.30. The van der Waals surface area contributed by atoms with Crippen molar-refractivity contribution in [2.75, 3.05) is 14.2 Å². The summed E-state index contributed by atoms with van der Waals surface area (Å²) >= 11 is 0. The Kier molecular flexibility index (Phi) is 6.82. The molecule has 0 unspecified atom stereocenters. The number of benzene rings is 1. The Hall–Kier alpha value is -2.50. The van der Waals surface area contributed by atoms with E-state index in [4.69, 9.17) is 18.9 Å². The third kappa shape index (κ3) is 4.50. The summed E-state index contributed by atoms with van der Waals surface area (Å²) in [4.78, 5) is 23.0. The first kappa shape index (κ1) is 19.5. The molecule has 0 spiro atoms. The molecule has 0 atom stereocenters. The lowest BCUT2D eigenvalue weighted by molar-refractivity contribution is -0.133. The molecule has 0 amide bonds. The van der Waals surface area contributed by atoms with Crippen molar-refractivity contribution in [2.24, 2.45) is 0 Å². The summed E-state index contributed by atoms with van der Waals surface area (Å²) in [7, 11) is 2.86. The molecule has 0 saturated carbocycles. The van der Waals surface area contributed by atoms with Gasteiger partial charge in [0.1, 0.15) is 0 Å². The normalized spacial score (nSPS) is 9.96. The number of esters is 2. The summed E-state index contributed by atoms with van der Waals surface area (Å²) < 4.78 is 21.4. The van der Waals surface area contributed by atoms with Crippen LogP contribution in [0.25, 0.3) is 0 Å². The van der Waals surface area contributed by atoms with Crippen LogP contribution in [0, 0.1) is 6.92 Å². The number of carbonyl (C=O) groups excluding carboxylic acids is 2. The van der Waals surface area contributed by atoms with Gasteiger partial charge in [-0.1, -0.05) is 11.6 Å². The standard InChI is InChI=1S/C18H24O6/c1-10(2)8-9-14-11(3)15(23-12(4)19)17(21-6)18(22-7)16(14)24-13(5)20/h8H,9H2,1-7H3. The smallest absolute Gasteiger partial charge is 0.308 e. The second kappa shape index (κ2) is 8.38. The molecule has 0 aliphatic heterocycles. The van der Waals surface area contributed by atoms with Crippen LogP contribution in [0.15, 0.2) is 11.6 Å². The van der Waals surface area contributed by atoms with Crippen molar-refractivity contribution < 1.29 is 28.5 Å². The molecule has 1 aromatic carbocycles. The Morgan fingerprint density at radius 3 is 1.71 bits per heavy atom. The van der Waals surface area contributed by atoms with Crippen LogP contribution in [0.5, 0.6) is 23.0 Å². The van der Waals surface area contributed by atoms with Gasteiger partial charge in [0.15, 0.2) is 11.5 Å². The predicted octanol–water partition coefficient (Wildman–Crippen LogP) is 3.37. The van der Waals surface area contributed by atoms with Crippen LogP contribution in [0.1, 0.15) is 38.8 Å². The number of ether oxygens (including phenoxy) is 4. The number of hydrogen-bond donors (Lipinski definition) is 0. The highest BCUT2D eigenvalue weighted by molar-refractivity contribution is 5.78. The number of hydrogen-bond acceptors (Lipinski definition) is 6. The molecule has 0 aromatic heterocycles. The van der Waals surface area contributed by atoms with Gasteiger partial charge in [0.05, 0.1) is 14.2 Å². The lowest BCUT2D eigenvalue weighted by atomic mass is 10.00. The SMILES string of the molecule is COc1c(OC(C)=O)c(C)c(CC=C(C)C)c(OC(C)=O)c1OC. The lowest BCUT2D eigenvalue weighted by Crippen LogP contribution is -2.11. The van der Waals surface area contributed by atoms with E-state index in [9.17, 15) is 9.59 Å². The van der Waals surface area contributed by atoms with Gasteiger partial charge in [0.25, 0.3) is 0 Å². The fraction of sp³-hybridized carbons (Fsp3) is 0.444. The van der Waals surface area contributed by atoms with Gasteiger partial charge >= 0.3 is 11.9 Å². The van der Waals surface area contributed by atoms with E-state index in [-0.39, 0.29) is 23.0 Å². The van der Waals surface area contributed by atoms with Crippen molar-refractivity contribution in [1.82, 2.24) is 0 Å². The minimum atomic E-state index is -0.480. The van der Waals surface area contributed by atoms with Gasteiger partial charge in [0, 0.05) is 25.0 Å². The average molecular weight is 336 g/mol. The highest BCUT2D eigenvalue weighted by Gasteiger charge is 2.27. The van der Waals surface area contributed by atoms with Gasteiger partial charge in [-0.2, -0.15) is 0 Å². The summed E-state index contributed by atoms with van der Waals surface area (Å²) in [5.74, 6) is -0.00272. The third-order valence-corrected chi connectivity index (χ3v) is 3.30. The second-order valence-electron chi connectivity index (χ2n) is 5.50. The van der Waals surface area contributed by atoms with Crippen molar-refractivity contribution >= 4 is 11.9 Å². The fourth-order valence-corrected chi connectivity index (χ4v) is 2.26. The van der Waals surface area contributed by atoms with Gasteiger partial charge in [-0.25, -0.2) is 0 Å². The zero-order valence-corrected chi connectivity index (χ0v) is 15.2. The van der Waals surface area contributed by atoms with Crippen LogP contribution in [-0.2, 0) is 16.0 Å². The van der Waals surface area contributed by atoms with E-state index in [1.807, 2.05) is 19.9 Å². The molecule has 0 N–H and O–H groups in total. The molecular formula is C18H24O6. The Morgan fingerprint density at radius 1 is 0.833 bits per heavy atom. The molecule has 0 saturated heterocycles. The van der Waals surface area contributed by atoms with Gasteiger partial charge < -0.3 is 18.9 Å². The minimum absolute atomic E-state index is 0.211. The quantitative estimate of drug-likeness (QED) is 0.450. The Bertz CT molecular complexity index is 669. The molecule has 6 heteroatoms. The number of rotatable bonds is 6. The maximum Gasteiger partial charge on any atom is 0.308 e. The topological polar surface area (TPSA) is 71.1 Å². The fourth-order valence-electron chi connectivity index (χ4n) is 2.26. The van der Waals surface area contributed by atoms with Crippen molar-refractivity contribution in [2.45, 2.75) is 41.0 Å². The van der Waals surface area contributed by atoms with E-state index in [0.29, 0.717) is 17.5 Å². The lowest BCUT2D eigenvalue weighted by Gasteiger charge is -2.21. The average Bonchev–Trinajstić information content (AvgIpc) is 2.47. The zero-order chi connectivity index (χ0) is 18.4. The van der Waals surface area contributed by atoms with Gasteiger partial charge in [-0.05, 0) is 27.2 Å². The Labute approximate surface area is 142 Å². The Morgan fingerprint density at radius 2 is 1.29 bits per heavy atom. The Balaban J connectivity index is 3.75. The first-order valence-electron chi connectivity index (χ1n) is 7.50. The molecule has 0 heterocycles. The van der Waals surface area contributed by atoms with Crippen molar-refractivity contribution in [3.63, 3.8) is 0 Å². The molecule has 0 radical (unpaired) electrons. The van der Waals surface area contributed by atoms with E-state index >= 15 is 0 Å². The molecule has 6 nitrogen and oxygen atoms in total. The van der Waals surface area contributed by atoms with Crippen LogP contribution in [0.3, 0.4) is 0 Å². The van der Waals surface area contributed by atoms with Crippen molar-refractivity contribution in [1.29, 1.82) is 0 Å². The van der Waals surface area contributed by atoms with Crippen molar-refractivity contribution in [3.8, 4) is 23.0 Å². The van der Waals surface area contributed by atoms with Crippen LogP contribution in [-0.4, -0.2) is 26.2 Å². The minimum Gasteiger partial charge on any atom is -0.490 e. The molecule has 0 bridgehead atoms. The van der Waals surface area contributed by atoms with E-state index in [2.05, 4.69) is 0 Å². The molecule has 0 aliphatic rings. The predicted molar refractivity (Wildman–Crippen MR) is 90.0 cm³/mol. The van der Waals surface area contributed by atoms with Crippen LogP contribution in [0.2, 0.25) is 0 Å². The molecule has 0 aliphatic carbocycles. The summed E-state index contributed by atoms with van der Waals surface area (Å²) in [5, 5.41) is 0. The first-order chi connectivity index (χ1) is 11.2. The van der Waals surface area contributed by atoms with E-state index in [0.717, 1.165) is 5.57 Å². The summed E-state index contributed by atoms with van der Waals surface area (Å²) in [5.41, 5.74) is 2.45. The summed E-state index contributed by atoms with van der Waals surface area (Å²) in [6.07, 6.45) is 2.48. The number of carbonyl (C=O) groups is 2.